The average molecular weight is 638 g/mol. The molecule has 4 atom stereocenters. The van der Waals surface area contributed by atoms with Gasteiger partial charge in [0.2, 0.25) is 24.0 Å². The van der Waals surface area contributed by atoms with Crippen molar-refractivity contribution in [1.29, 1.82) is 0 Å². The first kappa shape index (κ1) is 32.7. The van der Waals surface area contributed by atoms with Crippen LogP contribution in [0.15, 0.2) is 79.0 Å². The fourth-order valence-electron chi connectivity index (χ4n) is 4.70. The van der Waals surface area contributed by atoms with Gasteiger partial charge in [0.05, 0.1) is 12.6 Å². The Kier molecular flexibility index (Phi) is 11.5. The largest absolute Gasteiger partial charge is 0.394 e. The Morgan fingerprint density at radius 2 is 1.32 bits per heavy atom. The van der Waals surface area contributed by atoms with Gasteiger partial charge >= 0.3 is 0 Å². The van der Waals surface area contributed by atoms with E-state index in [9.17, 15) is 24.3 Å². The second-order valence-electron chi connectivity index (χ2n) is 10.3. The zero-order valence-corrected chi connectivity index (χ0v) is 25.1. The van der Waals surface area contributed by atoms with Gasteiger partial charge in [0.1, 0.15) is 18.1 Å². The second-order valence-corrected chi connectivity index (χ2v) is 11.2. The Morgan fingerprint density at radius 3 is 1.93 bits per heavy atom. The van der Waals surface area contributed by atoms with E-state index in [-0.39, 0.29) is 19.3 Å². The highest BCUT2D eigenvalue weighted by atomic mass is 35.5. The summed E-state index contributed by atoms with van der Waals surface area (Å²) in [6, 6.07) is 16.6. The molecule has 4 rings (SSSR count). The van der Waals surface area contributed by atoms with Gasteiger partial charge in [0, 0.05) is 40.0 Å². The van der Waals surface area contributed by atoms with Gasteiger partial charge in [-0.1, -0.05) is 65.7 Å². The molecule has 44 heavy (non-hydrogen) atoms. The van der Waals surface area contributed by atoms with E-state index in [1.54, 1.807) is 61.0 Å². The summed E-state index contributed by atoms with van der Waals surface area (Å²) in [5, 5.41) is 19.2. The number of hydrogen-bond acceptors (Lipinski definition) is 6. The van der Waals surface area contributed by atoms with Crippen molar-refractivity contribution in [2.45, 2.75) is 43.4 Å². The summed E-state index contributed by atoms with van der Waals surface area (Å²) in [5.41, 5.74) is 9.27. The van der Waals surface area contributed by atoms with E-state index in [4.69, 9.17) is 28.9 Å². The molecule has 1 radical (unpaired) electrons. The molecule has 0 spiro atoms. The average Bonchev–Trinajstić information content (AvgIpc) is 3.43. The first-order valence-electron chi connectivity index (χ1n) is 13.9. The van der Waals surface area contributed by atoms with Crippen molar-refractivity contribution in [2.24, 2.45) is 5.73 Å². The summed E-state index contributed by atoms with van der Waals surface area (Å²) >= 11 is 12.0. The molecule has 10 nitrogen and oxygen atoms in total. The number of nitrogens with two attached hydrogens (primary N) is 1. The summed E-state index contributed by atoms with van der Waals surface area (Å²) in [7, 11) is 0. The Labute approximate surface area is 264 Å². The lowest BCUT2D eigenvalue weighted by Crippen LogP contribution is -2.58. The Balaban J connectivity index is 1.57. The van der Waals surface area contributed by atoms with Gasteiger partial charge < -0.3 is 31.8 Å². The van der Waals surface area contributed by atoms with Crippen molar-refractivity contribution in [1.82, 2.24) is 20.9 Å². The standard InChI is InChI=1S/C32H32Cl2N5O5/c33-22-9-5-19(6-10-22)13-26(35)30(42)38-28(14-20-7-11-23(34)12-8-20)32(44)39-29(31(43)37-24(17-40)18-41)15-21-16-36-27-4-2-1-3-25(21)27/h1-12,16,24,26,28-29,36,40H,13-15,17,35H2,(H,37,43)(H,38,42)(H,39,44)/t24-,26-,28-,29+/m0/s1. The summed E-state index contributed by atoms with van der Waals surface area (Å²) < 4.78 is 0. The van der Waals surface area contributed by atoms with Gasteiger partial charge in [-0.25, -0.2) is 0 Å². The van der Waals surface area contributed by atoms with Crippen molar-refractivity contribution >= 4 is 58.1 Å². The third-order valence-electron chi connectivity index (χ3n) is 7.06. The number of benzene rings is 3. The Morgan fingerprint density at radius 1 is 0.773 bits per heavy atom. The van der Waals surface area contributed by atoms with Crippen LogP contribution in [0.5, 0.6) is 0 Å². The number of nitrogens with one attached hydrogen (secondary N) is 4. The van der Waals surface area contributed by atoms with Crippen LogP contribution in [0.1, 0.15) is 16.7 Å². The number of carbonyl (C=O) groups excluding carboxylic acids is 4. The van der Waals surface area contributed by atoms with Gasteiger partial charge in [-0.05, 0) is 53.4 Å². The van der Waals surface area contributed by atoms with Crippen molar-refractivity contribution < 1.29 is 24.3 Å². The summed E-state index contributed by atoms with van der Waals surface area (Å²) in [5.74, 6) is -1.92. The topological polar surface area (TPSA) is 166 Å². The van der Waals surface area contributed by atoms with Crippen molar-refractivity contribution in [2.75, 3.05) is 6.61 Å². The lowest BCUT2D eigenvalue weighted by molar-refractivity contribution is -0.132. The maximum absolute atomic E-state index is 13.8. The molecule has 1 aromatic heterocycles. The molecule has 0 aliphatic rings. The summed E-state index contributed by atoms with van der Waals surface area (Å²) in [4.78, 5) is 54.6. The van der Waals surface area contributed by atoms with Crippen LogP contribution in [0.4, 0.5) is 0 Å². The number of aromatic nitrogens is 1. The predicted octanol–water partition coefficient (Wildman–Crippen LogP) is 2.39. The third-order valence-corrected chi connectivity index (χ3v) is 7.57. The molecule has 0 saturated heterocycles. The van der Waals surface area contributed by atoms with Crippen LogP contribution in [0, 0.1) is 0 Å². The molecule has 7 N–H and O–H groups in total. The number of aliphatic hydroxyl groups excluding tert-OH is 1. The molecule has 0 aliphatic carbocycles. The van der Waals surface area contributed by atoms with Gasteiger partial charge in [-0.15, -0.1) is 0 Å². The zero-order valence-electron chi connectivity index (χ0n) is 23.6. The maximum Gasteiger partial charge on any atom is 0.243 e. The molecular weight excluding hydrogens is 605 g/mol. The van der Waals surface area contributed by atoms with Crippen molar-refractivity contribution in [3.63, 3.8) is 0 Å². The number of aliphatic hydroxyl groups is 1. The molecule has 0 aliphatic heterocycles. The number of H-pyrrole nitrogens is 1. The number of amides is 3. The number of fused-ring (bicyclic) bond motifs is 1. The van der Waals surface area contributed by atoms with Crippen LogP contribution < -0.4 is 21.7 Å². The number of rotatable bonds is 14. The molecule has 0 unspecified atom stereocenters. The number of para-hydroxylation sites is 1. The van der Waals surface area contributed by atoms with Crippen LogP contribution in [0.3, 0.4) is 0 Å². The van der Waals surface area contributed by atoms with Gasteiger partial charge in [0.25, 0.3) is 0 Å². The maximum atomic E-state index is 13.8. The molecule has 0 saturated carbocycles. The van der Waals surface area contributed by atoms with Gasteiger partial charge in [-0.3, -0.25) is 19.2 Å². The molecule has 3 aromatic carbocycles. The molecule has 0 bridgehead atoms. The van der Waals surface area contributed by atoms with Crippen LogP contribution in [-0.2, 0) is 38.4 Å². The smallest absolute Gasteiger partial charge is 0.243 e. The van der Waals surface area contributed by atoms with E-state index in [0.717, 1.165) is 22.0 Å². The number of carbonyl (C=O) groups is 3. The van der Waals surface area contributed by atoms with E-state index in [1.807, 2.05) is 24.3 Å². The highest BCUT2D eigenvalue weighted by molar-refractivity contribution is 6.30. The van der Waals surface area contributed by atoms with E-state index in [0.29, 0.717) is 15.6 Å². The van der Waals surface area contributed by atoms with E-state index in [1.165, 1.54) is 0 Å². The molecular formula is C32H32Cl2N5O5. The number of halogens is 2. The molecule has 0 fully saturated rings. The highest BCUT2D eigenvalue weighted by Gasteiger charge is 2.30. The minimum absolute atomic E-state index is 0.0519. The lowest BCUT2D eigenvalue weighted by Gasteiger charge is -2.25. The monoisotopic (exact) mass is 636 g/mol. The molecule has 4 aromatic rings. The fraction of sp³-hybridized carbons (Fsp3) is 0.250. The van der Waals surface area contributed by atoms with Crippen LogP contribution >= 0.6 is 23.2 Å². The van der Waals surface area contributed by atoms with E-state index < -0.39 is 48.5 Å². The first-order valence-corrected chi connectivity index (χ1v) is 14.6. The Hall–Kier alpha value is -4.22. The summed E-state index contributed by atoms with van der Waals surface area (Å²) in [6.45, 7) is -0.663. The third kappa shape index (κ3) is 8.90. The lowest BCUT2D eigenvalue weighted by atomic mass is 10.0. The van der Waals surface area contributed by atoms with Crippen LogP contribution in [0.25, 0.3) is 10.9 Å². The van der Waals surface area contributed by atoms with Crippen molar-refractivity contribution in [3.05, 3.63) is 106 Å². The minimum atomic E-state index is -1.28. The molecule has 3 amide bonds. The Bertz CT molecular complexity index is 1590. The van der Waals surface area contributed by atoms with Gasteiger partial charge in [-0.2, -0.15) is 0 Å². The van der Waals surface area contributed by atoms with E-state index in [2.05, 4.69) is 20.9 Å². The highest BCUT2D eigenvalue weighted by Crippen LogP contribution is 2.20. The molecule has 1 heterocycles. The minimum Gasteiger partial charge on any atom is -0.394 e. The number of aromatic amines is 1. The number of hydrogen-bond donors (Lipinski definition) is 6. The zero-order chi connectivity index (χ0) is 31.6. The van der Waals surface area contributed by atoms with Gasteiger partial charge in [0.15, 0.2) is 0 Å². The molecule has 229 valence electrons. The predicted molar refractivity (Wildman–Crippen MR) is 169 cm³/mol. The SMILES string of the molecule is N[C@@H](Cc1ccc(Cl)cc1)C(=O)N[C@@H](Cc1ccc(Cl)cc1)C(=O)N[C@H](Cc1c[nH]c2ccccc12)C(=O)N[C@H]([C]=O)CO. The molecule has 12 heteroatoms. The fourth-order valence-corrected chi connectivity index (χ4v) is 4.95. The second kappa shape index (κ2) is 15.5. The normalized spacial score (nSPS) is 13.8. The quantitative estimate of drug-likeness (QED) is 0.124. The van der Waals surface area contributed by atoms with Crippen LogP contribution in [-0.4, -0.2) is 64.9 Å². The first-order chi connectivity index (χ1) is 21.2. The van der Waals surface area contributed by atoms with Crippen molar-refractivity contribution in [3.8, 4) is 0 Å². The van der Waals surface area contributed by atoms with E-state index >= 15 is 0 Å². The van der Waals surface area contributed by atoms with Crippen LogP contribution in [0.2, 0.25) is 10.0 Å². The summed E-state index contributed by atoms with van der Waals surface area (Å²) in [6.07, 6.45) is 3.62.